The number of amides is 5. The molecule has 14 N–H and O–H groups in total. The van der Waals surface area contributed by atoms with E-state index in [4.69, 9.17) is 33.9 Å². The van der Waals surface area contributed by atoms with Crippen molar-refractivity contribution in [1.29, 1.82) is 0 Å². The molecule has 20 nitrogen and oxygen atoms in total. The minimum absolute atomic E-state index is 0.0779. The largest absolute Gasteiger partial charge is 0.507 e. The lowest BCUT2D eigenvalue weighted by Gasteiger charge is -2.37. The number of aromatic hydroxyl groups is 2. The van der Waals surface area contributed by atoms with Crippen molar-refractivity contribution in [1.82, 2.24) is 31.5 Å². The molecule has 5 amide bonds. The van der Waals surface area contributed by atoms with Crippen LogP contribution >= 0.6 is 11.6 Å². The number of aliphatic carboxylic acids is 1. The number of nitrogens with one attached hydrogen (secondary N) is 5. The second-order valence-corrected chi connectivity index (χ2v) is 17.3. The maximum absolute atomic E-state index is 14.6. The Morgan fingerprint density at radius 2 is 1.46 bits per heavy atom. The summed E-state index contributed by atoms with van der Waals surface area (Å²) in [6.07, 6.45) is -2.97. The summed E-state index contributed by atoms with van der Waals surface area (Å²) in [5, 5.41) is 44.3. The number of likely N-dealkylation sites (N-methyl/N-ethyl adjacent to an activating group) is 1. The Kier molecular flexibility index (Phi) is 18.1. The van der Waals surface area contributed by atoms with E-state index in [-0.39, 0.29) is 53.1 Å². The molecule has 0 spiro atoms. The molecule has 0 aliphatic carbocycles. The third-order valence-corrected chi connectivity index (χ3v) is 11.8. The fourth-order valence-corrected chi connectivity index (χ4v) is 7.91. The van der Waals surface area contributed by atoms with Gasteiger partial charge in [-0.3, -0.25) is 33.7 Å². The van der Waals surface area contributed by atoms with E-state index in [1.807, 2.05) is 17.4 Å². The summed E-state index contributed by atoms with van der Waals surface area (Å²) in [5.74, 6) is -6.87. The Bertz CT molecular complexity index is 2560. The van der Waals surface area contributed by atoms with Gasteiger partial charge in [0.2, 0.25) is 23.6 Å². The lowest BCUT2D eigenvalue weighted by molar-refractivity contribution is -0.141. The highest BCUT2D eigenvalue weighted by Gasteiger charge is 2.38. The Labute approximate surface area is 402 Å². The number of phenols is 2. The number of nitrogens with zero attached hydrogens (tertiary/aromatic N) is 1. The molecule has 4 bridgehead atoms. The van der Waals surface area contributed by atoms with Crippen molar-refractivity contribution in [2.75, 3.05) is 20.1 Å². The number of carbonyl (C=O) groups is 8. The summed E-state index contributed by atoms with van der Waals surface area (Å²) in [5.41, 5.74) is 18.2. The van der Waals surface area contributed by atoms with E-state index in [0.29, 0.717) is 36.3 Å². The van der Waals surface area contributed by atoms with Gasteiger partial charge in [0.25, 0.3) is 5.91 Å². The number of carboxylic acids is 1. The topological polar surface area (TPSA) is 339 Å². The summed E-state index contributed by atoms with van der Waals surface area (Å²) in [6.45, 7) is 1.43. The molecule has 366 valence electrons. The molecule has 4 aromatic rings. The number of hydrogen-bond donors (Lipinski definition) is 11. The second-order valence-electron chi connectivity index (χ2n) is 16.8. The maximum atomic E-state index is 14.6. The van der Waals surface area contributed by atoms with Gasteiger partial charge >= 0.3 is 5.97 Å². The van der Waals surface area contributed by atoms with Gasteiger partial charge in [-0.05, 0) is 111 Å². The standard InChI is InChI=1S/C48H56ClN9O11/c1-26-43(64)54-35(45(66)56-41(51)38(62)17-18-39(63)55-42(52)47(68)69)22-27-5-15-36(60)33(21-27)34-23-31(12-16-37(34)61)40(46(67)53-26)58(2)24-48(25-59,19-3-4-20-50)57-44(65)30-8-6-28(7-9-30)29-10-13-32(49)14-11-29/h5-16,21,23,25-26,35,40-42,60-61H,3-4,17-20,22,24,50-52H2,1-2H3,(H,53,67)(H,54,64)(H,55,63)(H,56,66)(H,57,65)(H,68,69). The number of phenolic OH excluding ortho intramolecular Hbond substituents is 2. The number of nitrogens with two attached hydrogens (primary N) is 3. The fraction of sp³-hybridized carbons (Fsp3) is 0.333. The van der Waals surface area contributed by atoms with E-state index in [2.05, 4.69) is 21.3 Å². The van der Waals surface area contributed by atoms with Crippen molar-refractivity contribution in [2.24, 2.45) is 17.2 Å². The minimum Gasteiger partial charge on any atom is -0.507 e. The third kappa shape index (κ3) is 13.9. The minimum atomic E-state index is -1.71. The van der Waals surface area contributed by atoms with Gasteiger partial charge in [0, 0.05) is 47.5 Å². The van der Waals surface area contributed by atoms with E-state index in [9.17, 15) is 48.6 Å². The van der Waals surface area contributed by atoms with Crippen LogP contribution in [0.5, 0.6) is 11.5 Å². The van der Waals surface area contributed by atoms with Gasteiger partial charge in [0.1, 0.15) is 47.6 Å². The first-order chi connectivity index (χ1) is 32.7. The van der Waals surface area contributed by atoms with Crippen LogP contribution in [-0.2, 0) is 40.0 Å². The second kappa shape index (κ2) is 23.7. The van der Waals surface area contributed by atoms with Crippen molar-refractivity contribution in [2.45, 2.75) is 81.4 Å². The smallest absolute Gasteiger partial charge is 0.341 e. The highest BCUT2D eigenvalue weighted by atomic mass is 35.5. The average Bonchev–Trinajstić information content (AvgIpc) is 3.31. The molecule has 4 aromatic carbocycles. The van der Waals surface area contributed by atoms with Gasteiger partial charge in [-0.15, -0.1) is 0 Å². The Hall–Kier alpha value is -7.23. The van der Waals surface area contributed by atoms with Crippen LogP contribution in [0.3, 0.4) is 0 Å². The van der Waals surface area contributed by atoms with Gasteiger partial charge < -0.3 is 63.9 Å². The number of carboxylic acid groups (broad SMARTS) is 1. The monoisotopic (exact) mass is 969 g/mol. The lowest BCUT2D eigenvalue weighted by Crippen LogP contribution is -2.59. The van der Waals surface area contributed by atoms with Gasteiger partial charge in [-0.1, -0.05) is 48.0 Å². The maximum Gasteiger partial charge on any atom is 0.341 e. The van der Waals surface area contributed by atoms with Crippen molar-refractivity contribution < 1.29 is 53.7 Å². The third-order valence-electron chi connectivity index (χ3n) is 11.5. The molecule has 0 saturated carbocycles. The molecule has 5 rings (SSSR count). The fourth-order valence-electron chi connectivity index (χ4n) is 7.79. The molecule has 1 aliphatic rings. The number of rotatable bonds is 19. The Balaban J connectivity index is 1.44. The van der Waals surface area contributed by atoms with Crippen LogP contribution < -0.4 is 43.8 Å². The molecule has 0 radical (unpaired) electrons. The highest BCUT2D eigenvalue weighted by molar-refractivity contribution is 6.30. The molecule has 0 aromatic heterocycles. The molecule has 6 atom stereocenters. The van der Waals surface area contributed by atoms with Crippen LogP contribution in [0.1, 0.15) is 66.6 Å². The van der Waals surface area contributed by atoms with Crippen LogP contribution in [0, 0.1) is 0 Å². The molecule has 0 saturated heterocycles. The van der Waals surface area contributed by atoms with Gasteiger partial charge in [0.15, 0.2) is 11.9 Å². The van der Waals surface area contributed by atoms with Gasteiger partial charge in [-0.2, -0.15) is 0 Å². The summed E-state index contributed by atoms with van der Waals surface area (Å²) in [6, 6.07) is 18.3. The van der Waals surface area contributed by atoms with E-state index >= 15 is 0 Å². The number of unbranched alkanes of at least 4 members (excludes halogenated alkanes) is 1. The summed E-state index contributed by atoms with van der Waals surface area (Å²) in [7, 11) is 1.54. The number of carbonyl (C=O) groups excluding carboxylic acids is 7. The number of aldehydes is 1. The molecular formula is C48H56ClN9O11. The van der Waals surface area contributed by atoms with Crippen LogP contribution in [0.4, 0.5) is 0 Å². The van der Waals surface area contributed by atoms with Crippen LogP contribution in [0.25, 0.3) is 22.3 Å². The number of Topliss-reactive ketones (excluding diaryl/α,β-unsaturated/α-hetero) is 1. The Morgan fingerprint density at radius 3 is 2.09 bits per heavy atom. The Morgan fingerprint density at radius 1 is 0.841 bits per heavy atom. The SMILES string of the molecule is CC1NC(=O)C(N(C)CC(C=O)(CCCCN)NC(=O)c2ccc(-c3ccc(Cl)cc3)cc2)c2ccc(O)c(c2)-c2cc(ccc2O)CC(C(=O)NC(N)C(=O)CCC(=O)NC(N)C(=O)O)NC1=O. The molecule has 1 aliphatic heterocycles. The van der Waals surface area contributed by atoms with Crippen LogP contribution in [0.2, 0.25) is 5.02 Å². The number of halogens is 1. The molecule has 69 heavy (non-hydrogen) atoms. The zero-order valence-electron chi connectivity index (χ0n) is 37.9. The number of hydrogen-bond acceptors (Lipinski definition) is 14. The van der Waals surface area contributed by atoms with Crippen molar-refractivity contribution in [3.63, 3.8) is 0 Å². The number of ketones is 1. The zero-order chi connectivity index (χ0) is 50.6. The quantitative estimate of drug-likeness (QED) is 0.0359. The van der Waals surface area contributed by atoms with E-state index < -0.39 is 90.1 Å². The van der Waals surface area contributed by atoms with Gasteiger partial charge in [-0.25, -0.2) is 4.79 Å². The van der Waals surface area contributed by atoms with Crippen molar-refractivity contribution >= 4 is 59.2 Å². The predicted octanol–water partition coefficient (Wildman–Crippen LogP) is 1.34. The highest BCUT2D eigenvalue weighted by Crippen LogP contribution is 2.39. The van der Waals surface area contributed by atoms with Crippen LogP contribution in [0.15, 0.2) is 84.9 Å². The van der Waals surface area contributed by atoms with Crippen LogP contribution in [-0.4, -0.2) is 118 Å². The zero-order valence-corrected chi connectivity index (χ0v) is 38.6. The number of benzene rings is 4. The van der Waals surface area contributed by atoms with E-state index in [1.165, 1.54) is 48.2 Å². The summed E-state index contributed by atoms with van der Waals surface area (Å²) < 4.78 is 0. The first-order valence-corrected chi connectivity index (χ1v) is 22.3. The molecule has 1 heterocycles. The summed E-state index contributed by atoms with van der Waals surface area (Å²) >= 11 is 6.05. The summed E-state index contributed by atoms with van der Waals surface area (Å²) in [4.78, 5) is 107. The van der Waals surface area contributed by atoms with Crippen molar-refractivity contribution in [3.05, 3.63) is 107 Å². The normalized spacial score (nSPS) is 17.7. The number of fused-ring (bicyclic) bond motifs is 5. The average molecular weight is 970 g/mol. The molecular weight excluding hydrogens is 914 g/mol. The first kappa shape index (κ1) is 52.7. The van der Waals surface area contributed by atoms with E-state index in [0.717, 1.165) is 11.1 Å². The molecule has 0 fully saturated rings. The molecule has 6 unspecified atom stereocenters. The predicted molar refractivity (Wildman–Crippen MR) is 254 cm³/mol. The van der Waals surface area contributed by atoms with E-state index in [1.54, 1.807) is 43.4 Å². The van der Waals surface area contributed by atoms with Crippen molar-refractivity contribution in [3.8, 4) is 33.8 Å². The lowest BCUT2D eigenvalue weighted by atomic mass is 9.90. The first-order valence-electron chi connectivity index (χ1n) is 21.9. The molecule has 21 heteroatoms. The van der Waals surface area contributed by atoms with Gasteiger partial charge in [0.05, 0.1) is 0 Å².